The molecule has 1 aliphatic rings. The molecule has 0 saturated carbocycles. The van der Waals surface area contributed by atoms with Gasteiger partial charge in [0.2, 0.25) is 0 Å². The smallest absolute Gasteiger partial charge is 0.360 e. The van der Waals surface area contributed by atoms with Gasteiger partial charge in [-0.15, -0.1) is 0 Å². The third-order valence-corrected chi connectivity index (χ3v) is 2.28. The number of imide groups is 1. The molecule has 0 aromatic carbocycles. The fraction of sp³-hybridized carbons (Fsp3) is 0.636. The van der Waals surface area contributed by atoms with E-state index in [1.54, 1.807) is 19.2 Å². The number of amides is 3. The molecular weight excluding hydrogens is 273 g/mol. The van der Waals surface area contributed by atoms with E-state index in [0.29, 0.717) is 0 Å². The summed E-state index contributed by atoms with van der Waals surface area (Å²) in [6.45, 7) is 4.89. The third kappa shape index (κ3) is 3.22. The number of alkyl halides is 1. The second-order valence-corrected chi connectivity index (χ2v) is 4.34. The van der Waals surface area contributed by atoms with Crippen LogP contribution in [-0.4, -0.2) is 42.6 Å². The summed E-state index contributed by atoms with van der Waals surface area (Å²) in [7, 11) is 0. The Morgan fingerprint density at radius 2 is 2.20 bits per heavy atom. The van der Waals surface area contributed by atoms with E-state index in [-0.39, 0.29) is 12.5 Å². The Kier molecular flexibility index (Phi) is 5.00. The molecule has 1 aliphatic heterocycles. The van der Waals surface area contributed by atoms with Crippen LogP contribution in [0.3, 0.4) is 0 Å². The lowest BCUT2D eigenvalue weighted by Crippen LogP contribution is -2.70. The summed E-state index contributed by atoms with van der Waals surface area (Å²) >= 11 is 0. The molecule has 2 N–H and O–H groups in total. The monoisotopic (exact) mass is 289 g/mol. The molecule has 9 heteroatoms. The van der Waals surface area contributed by atoms with E-state index in [0.717, 1.165) is 0 Å². The van der Waals surface area contributed by atoms with Gasteiger partial charge in [0, 0.05) is 6.21 Å². The minimum Gasteiger partial charge on any atom is -0.463 e. The molecule has 0 spiro atoms. The SMILES string of the molecule is CCOC(=O)C1(F)C(=O)NC(=O)NC1ON=CC(C)C. The van der Waals surface area contributed by atoms with Crippen LogP contribution in [-0.2, 0) is 19.2 Å². The van der Waals surface area contributed by atoms with Crippen LogP contribution >= 0.6 is 0 Å². The quantitative estimate of drug-likeness (QED) is 0.323. The Balaban J connectivity index is 2.97. The maximum atomic E-state index is 14.6. The van der Waals surface area contributed by atoms with E-state index in [1.807, 2.05) is 5.32 Å². The number of carbonyl (C=O) groups is 3. The predicted molar refractivity (Wildman–Crippen MR) is 65.3 cm³/mol. The van der Waals surface area contributed by atoms with E-state index in [1.165, 1.54) is 13.1 Å². The number of nitrogens with one attached hydrogen (secondary N) is 2. The van der Waals surface area contributed by atoms with Crippen molar-refractivity contribution in [3.63, 3.8) is 0 Å². The van der Waals surface area contributed by atoms with Crippen molar-refractivity contribution < 1.29 is 28.3 Å². The highest BCUT2D eigenvalue weighted by Crippen LogP contribution is 2.23. The van der Waals surface area contributed by atoms with Gasteiger partial charge in [0.15, 0.2) is 0 Å². The number of rotatable bonds is 5. The Morgan fingerprint density at radius 3 is 2.75 bits per heavy atom. The molecule has 1 saturated heterocycles. The molecule has 0 aromatic heterocycles. The molecule has 1 fully saturated rings. The summed E-state index contributed by atoms with van der Waals surface area (Å²) in [6, 6.07) is -0.989. The number of oxime groups is 1. The number of nitrogens with zero attached hydrogens (tertiary/aromatic N) is 1. The molecule has 20 heavy (non-hydrogen) atoms. The summed E-state index contributed by atoms with van der Waals surface area (Å²) in [6.07, 6.45) is -0.567. The maximum absolute atomic E-state index is 14.6. The summed E-state index contributed by atoms with van der Waals surface area (Å²) < 4.78 is 19.1. The van der Waals surface area contributed by atoms with Gasteiger partial charge in [-0.25, -0.2) is 14.0 Å². The minimum absolute atomic E-state index is 0.000256. The highest BCUT2D eigenvalue weighted by atomic mass is 19.1. The zero-order valence-corrected chi connectivity index (χ0v) is 11.3. The average Bonchev–Trinajstić information content (AvgIpc) is 2.34. The van der Waals surface area contributed by atoms with Crippen LogP contribution < -0.4 is 10.6 Å². The largest absolute Gasteiger partial charge is 0.463 e. The van der Waals surface area contributed by atoms with Gasteiger partial charge in [0.25, 0.3) is 12.1 Å². The standard InChI is InChI=1S/C11H16FN3O5/c1-4-19-9(17)11(12)7(16)14-10(18)15-8(11)20-13-5-6(2)3/h5-6,8H,4H2,1-3H3,(H2,14,15,16,18). The van der Waals surface area contributed by atoms with Crippen molar-refractivity contribution in [2.75, 3.05) is 6.61 Å². The first kappa shape index (κ1) is 15.9. The van der Waals surface area contributed by atoms with Crippen molar-refractivity contribution in [1.29, 1.82) is 0 Å². The van der Waals surface area contributed by atoms with Crippen molar-refractivity contribution in [1.82, 2.24) is 10.6 Å². The van der Waals surface area contributed by atoms with Crippen LogP contribution in [0.2, 0.25) is 0 Å². The number of hydrogen-bond acceptors (Lipinski definition) is 6. The molecule has 1 rings (SSSR count). The molecule has 3 amide bonds. The topological polar surface area (TPSA) is 106 Å². The number of esters is 1. The van der Waals surface area contributed by atoms with Gasteiger partial charge in [0.1, 0.15) is 0 Å². The predicted octanol–water partition coefficient (Wildman–Crippen LogP) is 0.0817. The van der Waals surface area contributed by atoms with Gasteiger partial charge in [-0.1, -0.05) is 19.0 Å². The maximum Gasteiger partial charge on any atom is 0.360 e. The first-order chi connectivity index (χ1) is 9.32. The fourth-order valence-electron chi connectivity index (χ4n) is 1.32. The average molecular weight is 289 g/mol. The van der Waals surface area contributed by atoms with E-state index in [9.17, 15) is 18.8 Å². The van der Waals surface area contributed by atoms with Gasteiger partial charge in [-0.3, -0.25) is 15.4 Å². The van der Waals surface area contributed by atoms with Crippen LogP contribution in [0.5, 0.6) is 0 Å². The molecule has 0 radical (unpaired) electrons. The molecule has 2 unspecified atom stereocenters. The zero-order chi connectivity index (χ0) is 15.3. The van der Waals surface area contributed by atoms with Gasteiger partial charge >= 0.3 is 17.7 Å². The van der Waals surface area contributed by atoms with E-state index in [2.05, 4.69) is 9.89 Å². The van der Waals surface area contributed by atoms with Crippen molar-refractivity contribution in [2.45, 2.75) is 32.7 Å². The minimum atomic E-state index is -3.20. The molecule has 112 valence electrons. The summed E-state index contributed by atoms with van der Waals surface area (Å²) in [4.78, 5) is 39.0. The lowest BCUT2D eigenvalue weighted by Gasteiger charge is -2.32. The molecule has 0 bridgehead atoms. The second-order valence-electron chi connectivity index (χ2n) is 4.34. The number of hydrogen-bond donors (Lipinski definition) is 2. The first-order valence-electron chi connectivity index (χ1n) is 5.99. The first-order valence-corrected chi connectivity index (χ1v) is 5.99. The van der Waals surface area contributed by atoms with Gasteiger partial charge < -0.3 is 9.57 Å². The van der Waals surface area contributed by atoms with Gasteiger partial charge in [-0.2, -0.15) is 0 Å². The number of halogens is 1. The Labute approximate surface area is 114 Å². The second kappa shape index (κ2) is 6.31. The number of carbonyl (C=O) groups excluding carboxylic acids is 3. The molecule has 0 aromatic rings. The van der Waals surface area contributed by atoms with E-state index >= 15 is 0 Å². The van der Waals surface area contributed by atoms with Crippen LogP contribution in [0, 0.1) is 5.92 Å². The fourth-order valence-corrected chi connectivity index (χ4v) is 1.32. The summed E-state index contributed by atoms with van der Waals surface area (Å²) in [5.41, 5.74) is -3.20. The normalized spacial score (nSPS) is 26.4. The lowest BCUT2D eigenvalue weighted by atomic mass is 10.0. The molecular formula is C11H16FN3O5. The van der Waals surface area contributed by atoms with Crippen molar-refractivity contribution in [3.05, 3.63) is 0 Å². The van der Waals surface area contributed by atoms with Crippen molar-refractivity contribution >= 4 is 24.1 Å². The Morgan fingerprint density at radius 1 is 1.55 bits per heavy atom. The van der Waals surface area contributed by atoms with E-state index < -0.39 is 29.8 Å². The Hall–Kier alpha value is -2.19. The van der Waals surface area contributed by atoms with Crippen LogP contribution in [0.25, 0.3) is 0 Å². The molecule has 2 atom stereocenters. The zero-order valence-electron chi connectivity index (χ0n) is 11.3. The molecule has 8 nitrogen and oxygen atoms in total. The summed E-state index contributed by atoms with van der Waals surface area (Å²) in [5.74, 6) is -2.91. The van der Waals surface area contributed by atoms with Crippen LogP contribution in [0.15, 0.2) is 5.16 Å². The number of ether oxygens (including phenoxy) is 1. The molecule has 1 heterocycles. The Bertz CT molecular complexity index is 440. The third-order valence-electron chi connectivity index (χ3n) is 2.28. The summed E-state index contributed by atoms with van der Waals surface area (Å²) in [5, 5.41) is 7.04. The van der Waals surface area contributed by atoms with Gasteiger partial charge in [-0.05, 0) is 12.8 Å². The van der Waals surface area contributed by atoms with Crippen molar-refractivity contribution in [2.24, 2.45) is 11.1 Å². The van der Waals surface area contributed by atoms with Gasteiger partial charge in [0.05, 0.1) is 6.61 Å². The van der Waals surface area contributed by atoms with Crippen LogP contribution in [0.1, 0.15) is 20.8 Å². The molecule has 0 aliphatic carbocycles. The number of urea groups is 1. The van der Waals surface area contributed by atoms with Crippen LogP contribution in [0.4, 0.5) is 9.18 Å². The van der Waals surface area contributed by atoms with E-state index in [4.69, 9.17) is 4.84 Å². The highest BCUT2D eigenvalue weighted by Gasteiger charge is 2.61. The van der Waals surface area contributed by atoms with Crippen molar-refractivity contribution in [3.8, 4) is 0 Å². The highest BCUT2D eigenvalue weighted by molar-refractivity contribution is 6.14. The lowest BCUT2D eigenvalue weighted by molar-refractivity contribution is -0.179.